The molecule has 1 aromatic carbocycles. The molecule has 0 unspecified atom stereocenters. The van der Waals surface area contributed by atoms with Crippen LogP contribution >= 0.6 is 11.8 Å². The summed E-state index contributed by atoms with van der Waals surface area (Å²) in [5.41, 5.74) is -1.83. The van der Waals surface area contributed by atoms with E-state index in [0.29, 0.717) is 0 Å². The normalized spacial score (nSPS) is 11.0. The summed E-state index contributed by atoms with van der Waals surface area (Å²) < 4.78 is 42.8. The van der Waals surface area contributed by atoms with Crippen LogP contribution < -0.4 is 11.1 Å². The van der Waals surface area contributed by atoms with Crippen molar-refractivity contribution in [2.45, 2.75) is 10.9 Å². The molecule has 0 aliphatic heterocycles. The van der Waals surface area contributed by atoms with E-state index in [4.69, 9.17) is 0 Å². The van der Waals surface area contributed by atoms with Gasteiger partial charge >= 0.3 is 0 Å². The summed E-state index contributed by atoms with van der Waals surface area (Å²) in [7, 11) is 0. The fraction of sp³-hybridized carbons (Fsp3) is 0.0556. The van der Waals surface area contributed by atoms with Crippen LogP contribution in [0.4, 0.5) is 13.2 Å². The van der Waals surface area contributed by atoms with Crippen LogP contribution in [0.1, 0.15) is 11.1 Å². The zero-order chi connectivity index (χ0) is 21.4. The minimum Gasteiger partial charge on any atom is -0.324 e. The molecule has 0 saturated carbocycles. The highest BCUT2D eigenvalue weighted by atomic mass is 32.2. The summed E-state index contributed by atoms with van der Waals surface area (Å²) in [6.07, 6.45) is 2.26. The van der Waals surface area contributed by atoms with Crippen molar-refractivity contribution in [3.63, 3.8) is 0 Å². The maximum absolute atomic E-state index is 14.0. The molecule has 4 aromatic rings. The first-order valence-corrected chi connectivity index (χ1v) is 9.24. The molecule has 3 heterocycles. The highest BCUT2D eigenvalue weighted by molar-refractivity contribution is 7.98. The lowest BCUT2D eigenvalue weighted by Crippen LogP contribution is -2.26. The van der Waals surface area contributed by atoms with Gasteiger partial charge in [0.2, 0.25) is 0 Å². The zero-order valence-electron chi connectivity index (χ0n) is 14.8. The minimum absolute atomic E-state index is 0.0183. The maximum atomic E-state index is 14.0. The summed E-state index contributed by atoms with van der Waals surface area (Å²) in [6, 6.07) is 5.72. The zero-order valence-corrected chi connectivity index (χ0v) is 15.6. The topological polar surface area (TPSA) is 109 Å². The van der Waals surface area contributed by atoms with E-state index in [9.17, 15) is 28.0 Å². The Kier molecular flexibility index (Phi) is 4.88. The highest BCUT2D eigenvalue weighted by Gasteiger charge is 2.19. The molecule has 0 bridgehead atoms. The van der Waals surface area contributed by atoms with Gasteiger partial charge in [-0.2, -0.15) is 10.4 Å². The number of pyridine rings is 1. The molecule has 8 nitrogen and oxygen atoms in total. The molecule has 0 fully saturated rings. The molecule has 0 aliphatic rings. The number of H-pyrrole nitrogens is 1. The van der Waals surface area contributed by atoms with Crippen molar-refractivity contribution < 1.29 is 13.2 Å². The van der Waals surface area contributed by atoms with E-state index in [1.54, 1.807) is 0 Å². The smallest absolute Gasteiger partial charge is 0.286 e. The predicted molar refractivity (Wildman–Crippen MR) is 99.8 cm³/mol. The lowest BCUT2D eigenvalue weighted by Gasteiger charge is -2.12. The Morgan fingerprint density at radius 3 is 2.67 bits per heavy atom. The Balaban J connectivity index is 1.89. The molecular formula is C18H9F3N6O2S. The van der Waals surface area contributed by atoms with Crippen LogP contribution in [-0.2, 0) is 5.75 Å². The summed E-state index contributed by atoms with van der Waals surface area (Å²) >= 11 is 0.902. The van der Waals surface area contributed by atoms with Gasteiger partial charge in [0, 0.05) is 24.1 Å². The van der Waals surface area contributed by atoms with E-state index in [1.807, 2.05) is 6.07 Å². The molecule has 4 rings (SSSR count). The molecular weight excluding hydrogens is 421 g/mol. The molecule has 30 heavy (non-hydrogen) atoms. The second-order valence-electron chi connectivity index (χ2n) is 5.99. The summed E-state index contributed by atoms with van der Waals surface area (Å²) in [6.45, 7) is 0. The third-order valence-corrected chi connectivity index (χ3v) is 5.10. The molecule has 0 saturated heterocycles. The van der Waals surface area contributed by atoms with E-state index in [2.05, 4.69) is 15.2 Å². The number of nitrogens with zero attached hydrogens (tertiary/aromatic N) is 5. The Morgan fingerprint density at radius 2 is 1.97 bits per heavy atom. The van der Waals surface area contributed by atoms with Crippen LogP contribution in [-0.4, -0.2) is 24.4 Å². The van der Waals surface area contributed by atoms with Crippen molar-refractivity contribution in [1.82, 2.24) is 24.4 Å². The number of halogens is 3. The minimum atomic E-state index is -1.13. The van der Waals surface area contributed by atoms with E-state index in [1.165, 1.54) is 6.07 Å². The first-order chi connectivity index (χ1) is 14.4. The second-order valence-corrected chi connectivity index (χ2v) is 6.93. The number of thioether (sulfide) groups is 1. The third-order valence-electron chi connectivity index (χ3n) is 4.12. The van der Waals surface area contributed by atoms with Gasteiger partial charge in [0.1, 0.15) is 23.3 Å². The lowest BCUT2D eigenvalue weighted by molar-refractivity contribution is 0.576. The van der Waals surface area contributed by atoms with Crippen molar-refractivity contribution in [3.05, 3.63) is 85.9 Å². The Morgan fingerprint density at radius 1 is 1.17 bits per heavy atom. The van der Waals surface area contributed by atoms with Gasteiger partial charge in [0.05, 0.1) is 11.9 Å². The van der Waals surface area contributed by atoms with E-state index in [0.717, 1.165) is 51.6 Å². The lowest BCUT2D eigenvalue weighted by atomic mass is 10.2. The fourth-order valence-corrected chi connectivity index (χ4v) is 3.66. The third kappa shape index (κ3) is 3.35. The summed E-state index contributed by atoms with van der Waals surface area (Å²) in [4.78, 5) is 26.6. The van der Waals surface area contributed by atoms with Gasteiger partial charge in [-0.1, -0.05) is 17.8 Å². The quantitative estimate of drug-likeness (QED) is 0.497. The average Bonchev–Trinajstić information content (AvgIpc) is 3.13. The van der Waals surface area contributed by atoms with Gasteiger partial charge in [0.15, 0.2) is 16.5 Å². The number of nitriles is 1. The largest absolute Gasteiger partial charge is 0.324 e. The number of benzene rings is 1. The van der Waals surface area contributed by atoms with Crippen LogP contribution in [0, 0.1) is 28.8 Å². The predicted octanol–water partition coefficient (Wildman–Crippen LogP) is 2.15. The number of fused-ring (bicyclic) bond motifs is 1. The molecule has 0 amide bonds. The van der Waals surface area contributed by atoms with Crippen LogP contribution in [0.25, 0.3) is 11.2 Å². The Hall–Kier alpha value is -3.85. The first-order valence-electron chi connectivity index (χ1n) is 8.25. The SMILES string of the molecule is N#Cc1cnn2nc(SCc3ccc(F)cc3F)n(-c3c[nH]c(=O)c(F)c3)c(=O)c12. The van der Waals surface area contributed by atoms with E-state index >= 15 is 0 Å². The highest BCUT2D eigenvalue weighted by Crippen LogP contribution is 2.24. The fourth-order valence-electron chi connectivity index (χ4n) is 2.69. The number of hydrogen-bond acceptors (Lipinski definition) is 6. The van der Waals surface area contributed by atoms with Gasteiger partial charge < -0.3 is 4.98 Å². The van der Waals surface area contributed by atoms with Gasteiger partial charge in [-0.05, 0) is 11.6 Å². The van der Waals surface area contributed by atoms with Crippen molar-refractivity contribution in [1.29, 1.82) is 5.26 Å². The number of aromatic amines is 1. The van der Waals surface area contributed by atoms with Gasteiger partial charge in [-0.25, -0.2) is 13.2 Å². The van der Waals surface area contributed by atoms with Crippen molar-refractivity contribution in [3.8, 4) is 11.8 Å². The van der Waals surface area contributed by atoms with Crippen molar-refractivity contribution in [2.24, 2.45) is 0 Å². The van der Waals surface area contributed by atoms with Crippen LogP contribution in [0.3, 0.4) is 0 Å². The molecule has 150 valence electrons. The molecule has 0 radical (unpaired) electrons. The van der Waals surface area contributed by atoms with Crippen LogP contribution in [0.5, 0.6) is 0 Å². The van der Waals surface area contributed by atoms with Crippen LogP contribution in [0.2, 0.25) is 0 Å². The number of aromatic nitrogens is 5. The Labute approximate surface area is 169 Å². The van der Waals surface area contributed by atoms with Crippen molar-refractivity contribution >= 4 is 17.3 Å². The Bertz CT molecular complexity index is 1450. The number of hydrogen-bond donors (Lipinski definition) is 1. The monoisotopic (exact) mass is 430 g/mol. The molecule has 0 atom stereocenters. The standard InChI is InChI=1S/C18H9F3N6O2S/c19-11-2-1-9(13(20)3-11)8-30-18-25-27-15(10(5-22)6-24-27)17(29)26(18)12-4-14(21)16(28)23-7-12/h1-4,6-7H,8H2,(H,23,28). The summed E-state index contributed by atoms with van der Waals surface area (Å²) in [5.74, 6) is -2.68. The molecule has 3 aromatic heterocycles. The van der Waals surface area contributed by atoms with Crippen LogP contribution in [0.15, 0.2) is 51.4 Å². The van der Waals surface area contributed by atoms with E-state index in [-0.39, 0.29) is 33.2 Å². The van der Waals surface area contributed by atoms with Gasteiger partial charge in [-0.15, -0.1) is 9.73 Å². The number of nitrogens with one attached hydrogen (secondary N) is 1. The molecule has 12 heteroatoms. The average molecular weight is 430 g/mol. The second kappa shape index (κ2) is 7.53. The summed E-state index contributed by atoms with van der Waals surface area (Å²) in [5, 5.41) is 17.2. The first kappa shape index (κ1) is 19.5. The van der Waals surface area contributed by atoms with Crippen molar-refractivity contribution in [2.75, 3.05) is 0 Å². The molecule has 0 spiro atoms. The van der Waals surface area contributed by atoms with E-state index < -0.39 is 28.6 Å². The molecule has 0 aliphatic carbocycles. The number of rotatable bonds is 4. The van der Waals surface area contributed by atoms with Gasteiger partial charge in [0.25, 0.3) is 11.1 Å². The van der Waals surface area contributed by atoms with Gasteiger partial charge in [-0.3, -0.25) is 14.2 Å². The molecule has 1 N–H and O–H groups in total. The maximum Gasteiger partial charge on any atom is 0.286 e.